The van der Waals surface area contributed by atoms with Crippen LogP contribution in [-0.2, 0) is 6.42 Å². The Kier molecular flexibility index (Phi) is 5.15. The van der Waals surface area contributed by atoms with Crippen LogP contribution in [0, 0.1) is 18.3 Å². The van der Waals surface area contributed by atoms with Crippen molar-refractivity contribution in [1.82, 2.24) is 9.97 Å². The van der Waals surface area contributed by atoms with Gasteiger partial charge < -0.3 is 10.6 Å². The third-order valence-electron chi connectivity index (χ3n) is 3.80. The first-order chi connectivity index (χ1) is 8.79. The molecular weight excluding hydrogens is 236 g/mol. The van der Waals surface area contributed by atoms with Gasteiger partial charge in [-0.3, -0.25) is 0 Å². The van der Waals surface area contributed by atoms with Crippen molar-refractivity contribution in [3.8, 4) is 0 Å². The second-order valence-electron chi connectivity index (χ2n) is 6.21. The predicted molar refractivity (Wildman–Crippen MR) is 82.8 cm³/mol. The molecule has 0 aromatic carbocycles. The summed E-state index contributed by atoms with van der Waals surface area (Å²) in [7, 11) is 1.90. The van der Waals surface area contributed by atoms with E-state index in [9.17, 15) is 0 Å². The number of nitrogens with one attached hydrogen (secondary N) is 2. The minimum atomic E-state index is 0.299. The zero-order valence-corrected chi connectivity index (χ0v) is 13.4. The maximum absolute atomic E-state index is 4.59. The van der Waals surface area contributed by atoms with Crippen molar-refractivity contribution in [2.24, 2.45) is 11.3 Å². The summed E-state index contributed by atoms with van der Waals surface area (Å²) < 4.78 is 0. The summed E-state index contributed by atoms with van der Waals surface area (Å²) in [4.78, 5) is 9.07. The van der Waals surface area contributed by atoms with Gasteiger partial charge in [-0.1, -0.05) is 34.6 Å². The summed E-state index contributed by atoms with van der Waals surface area (Å²) in [5.41, 5.74) is 1.38. The van der Waals surface area contributed by atoms with E-state index in [1.54, 1.807) is 0 Å². The summed E-state index contributed by atoms with van der Waals surface area (Å²) in [6.45, 7) is 14.1. The van der Waals surface area contributed by atoms with E-state index in [0.29, 0.717) is 11.3 Å². The molecule has 1 rings (SSSR count). The largest absolute Gasteiger partial charge is 0.373 e. The van der Waals surface area contributed by atoms with Crippen molar-refractivity contribution in [2.75, 3.05) is 24.2 Å². The smallest absolute Gasteiger partial charge is 0.134 e. The van der Waals surface area contributed by atoms with Crippen LogP contribution in [0.3, 0.4) is 0 Å². The molecule has 0 aliphatic rings. The lowest BCUT2D eigenvalue weighted by molar-refractivity contribution is 0.274. The molecular formula is C15H28N4. The maximum Gasteiger partial charge on any atom is 0.134 e. The first-order valence-electron chi connectivity index (χ1n) is 7.08. The summed E-state index contributed by atoms with van der Waals surface area (Å²) >= 11 is 0. The number of aryl methyl sites for hydroxylation is 1. The number of anilines is 2. The Balaban J connectivity index is 2.89. The van der Waals surface area contributed by atoms with Crippen LogP contribution in [0.1, 0.15) is 46.0 Å². The van der Waals surface area contributed by atoms with Crippen LogP contribution >= 0.6 is 0 Å². The van der Waals surface area contributed by atoms with Gasteiger partial charge in [0.05, 0.1) is 0 Å². The van der Waals surface area contributed by atoms with Crippen LogP contribution in [0.4, 0.5) is 11.6 Å². The molecule has 0 amide bonds. The predicted octanol–water partition coefficient (Wildman–Crippen LogP) is 3.48. The van der Waals surface area contributed by atoms with E-state index >= 15 is 0 Å². The zero-order valence-electron chi connectivity index (χ0n) is 13.4. The monoisotopic (exact) mass is 264 g/mol. The lowest BCUT2D eigenvalue weighted by Crippen LogP contribution is -2.25. The average molecular weight is 264 g/mol. The quantitative estimate of drug-likeness (QED) is 0.855. The first kappa shape index (κ1) is 15.7. The molecule has 1 aromatic rings. The van der Waals surface area contributed by atoms with Gasteiger partial charge in [-0.25, -0.2) is 9.97 Å². The molecule has 0 aliphatic heterocycles. The maximum atomic E-state index is 4.59. The highest BCUT2D eigenvalue weighted by Crippen LogP contribution is 2.26. The van der Waals surface area contributed by atoms with Gasteiger partial charge in [0.2, 0.25) is 0 Å². The second-order valence-corrected chi connectivity index (χ2v) is 6.21. The van der Waals surface area contributed by atoms with Crippen molar-refractivity contribution in [1.29, 1.82) is 0 Å². The van der Waals surface area contributed by atoms with Gasteiger partial charge in [0.1, 0.15) is 17.5 Å². The van der Waals surface area contributed by atoms with Crippen LogP contribution in [0.5, 0.6) is 0 Å². The SMILES string of the molecule is CCc1nc(NC)c(C)c(NCC(C)C(C)(C)C)n1. The van der Waals surface area contributed by atoms with Gasteiger partial charge in [0.25, 0.3) is 0 Å². The molecule has 0 aliphatic carbocycles. The van der Waals surface area contributed by atoms with E-state index in [1.165, 1.54) is 0 Å². The number of hydrogen-bond donors (Lipinski definition) is 2. The molecule has 19 heavy (non-hydrogen) atoms. The summed E-state index contributed by atoms with van der Waals surface area (Å²) in [5.74, 6) is 3.32. The van der Waals surface area contributed by atoms with E-state index in [4.69, 9.17) is 0 Å². The van der Waals surface area contributed by atoms with Crippen LogP contribution in [0.25, 0.3) is 0 Å². The lowest BCUT2D eigenvalue weighted by Gasteiger charge is -2.28. The number of aromatic nitrogens is 2. The van der Waals surface area contributed by atoms with Crippen molar-refractivity contribution in [2.45, 2.75) is 48.0 Å². The summed E-state index contributed by atoms with van der Waals surface area (Å²) in [6.07, 6.45) is 0.846. The normalized spacial score (nSPS) is 13.2. The molecule has 0 spiro atoms. The number of nitrogens with zero attached hydrogens (tertiary/aromatic N) is 2. The Morgan fingerprint density at radius 3 is 2.21 bits per heavy atom. The van der Waals surface area contributed by atoms with Crippen molar-refractivity contribution < 1.29 is 0 Å². The molecule has 108 valence electrons. The Labute approximate surface area is 117 Å². The first-order valence-corrected chi connectivity index (χ1v) is 7.08. The Bertz CT molecular complexity index is 421. The highest BCUT2D eigenvalue weighted by atomic mass is 15.1. The molecule has 0 saturated heterocycles. The van der Waals surface area contributed by atoms with E-state index in [2.05, 4.69) is 62.1 Å². The number of rotatable bonds is 5. The molecule has 0 radical (unpaired) electrons. The van der Waals surface area contributed by atoms with Crippen molar-refractivity contribution in [3.63, 3.8) is 0 Å². The highest BCUT2D eigenvalue weighted by Gasteiger charge is 2.20. The average Bonchev–Trinajstić information content (AvgIpc) is 2.36. The molecule has 1 aromatic heterocycles. The van der Waals surface area contributed by atoms with Gasteiger partial charge in [0.15, 0.2) is 0 Å². The van der Waals surface area contributed by atoms with Gasteiger partial charge in [0, 0.05) is 25.6 Å². The number of hydrogen-bond acceptors (Lipinski definition) is 4. The Hall–Kier alpha value is -1.32. The molecule has 1 unspecified atom stereocenters. The fourth-order valence-electron chi connectivity index (χ4n) is 1.69. The van der Waals surface area contributed by atoms with Crippen molar-refractivity contribution in [3.05, 3.63) is 11.4 Å². The minimum Gasteiger partial charge on any atom is -0.373 e. The third kappa shape index (κ3) is 4.08. The standard InChI is InChI=1S/C15H28N4/c1-8-12-18-13(16-7)11(3)14(19-12)17-9-10(2)15(4,5)6/h10H,8-9H2,1-7H3,(H2,16,17,18,19). The molecule has 1 atom stereocenters. The second kappa shape index (κ2) is 6.22. The fraction of sp³-hybridized carbons (Fsp3) is 0.733. The van der Waals surface area contributed by atoms with E-state index in [1.807, 2.05) is 7.05 Å². The van der Waals surface area contributed by atoms with Crippen LogP contribution in [-0.4, -0.2) is 23.6 Å². The Morgan fingerprint density at radius 1 is 1.16 bits per heavy atom. The molecule has 0 fully saturated rings. The molecule has 2 N–H and O–H groups in total. The molecule has 0 bridgehead atoms. The minimum absolute atomic E-state index is 0.299. The fourth-order valence-corrected chi connectivity index (χ4v) is 1.69. The highest BCUT2D eigenvalue weighted by molar-refractivity contribution is 5.57. The van der Waals surface area contributed by atoms with Crippen LogP contribution < -0.4 is 10.6 Å². The van der Waals surface area contributed by atoms with E-state index < -0.39 is 0 Å². The van der Waals surface area contributed by atoms with Crippen molar-refractivity contribution >= 4 is 11.6 Å². The third-order valence-corrected chi connectivity index (χ3v) is 3.80. The van der Waals surface area contributed by atoms with E-state index in [0.717, 1.165) is 36.0 Å². The van der Waals surface area contributed by atoms with Gasteiger partial charge in [-0.2, -0.15) is 0 Å². The summed E-state index contributed by atoms with van der Waals surface area (Å²) in [6, 6.07) is 0. The molecule has 1 heterocycles. The van der Waals surface area contributed by atoms with E-state index in [-0.39, 0.29) is 0 Å². The molecule has 4 heteroatoms. The lowest BCUT2D eigenvalue weighted by atomic mass is 9.82. The van der Waals surface area contributed by atoms with Crippen LogP contribution in [0.15, 0.2) is 0 Å². The zero-order chi connectivity index (χ0) is 14.6. The molecule has 4 nitrogen and oxygen atoms in total. The van der Waals surface area contributed by atoms with Crippen LogP contribution in [0.2, 0.25) is 0 Å². The topological polar surface area (TPSA) is 49.8 Å². The summed E-state index contributed by atoms with van der Waals surface area (Å²) in [5, 5.41) is 6.61. The van der Waals surface area contributed by atoms with Gasteiger partial charge >= 0.3 is 0 Å². The van der Waals surface area contributed by atoms with Gasteiger partial charge in [-0.05, 0) is 18.3 Å². The molecule has 0 saturated carbocycles. The van der Waals surface area contributed by atoms with Gasteiger partial charge in [-0.15, -0.1) is 0 Å². The Morgan fingerprint density at radius 2 is 1.74 bits per heavy atom.